The highest BCUT2D eigenvalue weighted by Crippen LogP contribution is 2.42. The summed E-state index contributed by atoms with van der Waals surface area (Å²) in [6.07, 6.45) is 2.95. The first kappa shape index (κ1) is 16.6. The zero-order valence-corrected chi connectivity index (χ0v) is 15.0. The molecule has 2 aliphatic rings. The summed E-state index contributed by atoms with van der Waals surface area (Å²) < 4.78 is 17.8. The molecule has 2 N–H and O–H groups in total. The van der Waals surface area contributed by atoms with Gasteiger partial charge in [-0.05, 0) is 48.2 Å². The first-order valence-electron chi connectivity index (χ1n) is 7.96. The molecule has 0 aromatic heterocycles. The molecule has 2 atom stereocenters. The monoisotopic (exact) mass is 383 g/mol. The van der Waals surface area contributed by atoms with Crippen LogP contribution in [0.15, 0.2) is 10.5 Å². The van der Waals surface area contributed by atoms with E-state index in [2.05, 4.69) is 15.9 Å². The van der Waals surface area contributed by atoms with Crippen LogP contribution < -0.4 is 15.2 Å². The SMILES string of the molecule is COc1cc(Br)c2c(c1C[C@@H](C)N)CC(OC(=O)C1CC1)CO2. The van der Waals surface area contributed by atoms with Gasteiger partial charge in [-0.1, -0.05) is 0 Å². The number of rotatable bonds is 5. The highest BCUT2D eigenvalue weighted by Gasteiger charge is 2.35. The van der Waals surface area contributed by atoms with Gasteiger partial charge in [0, 0.05) is 23.6 Å². The molecule has 0 spiro atoms. The average Bonchev–Trinajstić information content (AvgIpc) is 3.34. The molecule has 126 valence electrons. The van der Waals surface area contributed by atoms with Crippen molar-refractivity contribution in [2.75, 3.05) is 13.7 Å². The molecule has 0 radical (unpaired) electrons. The average molecular weight is 384 g/mol. The van der Waals surface area contributed by atoms with Gasteiger partial charge in [0.15, 0.2) is 0 Å². The third-order valence-corrected chi connectivity index (χ3v) is 4.78. The van der Waals surface area contributed by atoms with Crippen LogP contribution in [0.1, 0.15) is 30.9 Å². The Hall–Kier alpha value is -1.27. The van der Waals surface area contributed by atoms with Crippen LogP contribution in [0.3, 0.4) is 0 Å². The normalized spacial score (nSPS) is 21.1. The van der Waals surface area contributed by atoms with Crippen molar-refractivity contribution in [1.82, 2.24) is 0 Å². The molecule has 1 saturated carbocycles. The van der Waals surface area contributed by atoms with Gasteiger partial charge in [0.2, 0.25) is 0 Å². The van der Waals surface area contributed by atoms with Crippen molar-refractivity contribution >= 4 is 21.9 Å². The van der Waals surface area contributed by atoms with Crippen molar-refractivity contribution in [1.29, 1.82) is 0 Å². The van der Waals surface area contributed by atoms with E-state index in [0.29, 0.717) is 19.4 Å². The number of benzene rings is 1. The van der Waals surface area contributed by atoms with Gasteiger partial charge in [0.05, 0.1) is 17.5 Å². The van der Waals surface area contributed by atoms with Gasteiger partial charge >= 0.3 is 5.97 Å². The van der Waals surface area contributed by atoms with Crippen molar-refractivity contribution in [3.63, 3.8) is 0 Å². The summed E-state index contributed by atoms with van der Waals surface area (Å²) in [5.74, 6) is 1.58. The fraction of sp³-hybridized carbons (Fsp3) is 0.588. The lowest BCUT2D eigenvalue weighted by molar-refractivity contribution is -0.152. The highest BCUT2D eigenvalue weighted by atomic mass is 79.9. The molecule has 1 aromatic rings. The van der Waals surface area contributed by atoms with Gasteiger partial charge < -0.3 is 19.9 Å². The third kappa shape index (κ3) is 3.63. The summed E-state index contributed by atoms with van der Waals surface area (Å²) in [6, 6.07) is 1.91. The zero-order valence-electron chi connectivity index (χ0n) is 13.4. The maximum Gasteiger partial charge on any atom is 0.309 e. The van der Waals surface area contributed by atoms with E-state index in [4.69, 9.17) is 19.9 Å². The number of esters is 1. The molecule has 1 aliphatic carbocycles. The molecule has 0 amide bonds. The Kier molecular flexibility index (Phi) is 4.82. The number of carbonyl (C=O) groups excluding carboxylic acids is 1. The lowest BCUT2D eigenvalue weighted by Crippen LogP contribution is -2.33. The summed E-state index contributed by atoms with van der Waals surface area (Å²) in [4.78, 5) is 11.9. The van der Waals surface area contributed by atoms with Crippen molar-refractivity contribution in [2.24, 2.45) is 11.7 Å². The Bertz CT molecular complexity index is 613. The molecule has 1 heterocycles. The van der Waals surface area contributed by atoms with E-state index >= 15 is 0 Å². The van der Waals surface area contributed by atoms with Crippen LogP contribution >= 0.6 is 15.9 Å². The number of methoxy groups -OCH3 is 1. The Labute approximate surface area is 144 Å². The minimum Gasteiger partial charge on any atom is -0.496 e. The maximum atomic E-state index is 11.9. The van der Waals surface area contributed by atoms with E-state index in [1.165, 1.54) is 0 Å². The second kappa shape index (κ2) is 6.69. The minimum atomic E-state index is -0.249. The smallest absolute Gasteiger partial charge is 0.309 e. The molecule has 6 heteroatoms. The standard InChI is InChI=1S/C17H22BrNO4/c1-9(19)5-12-13-6-11(23-17(20)10-3-4-10)8-22-16(13)14(18)7-15(12)21-2/h7,9-11H,3-6,8,19H2,1-2H3/t9-,11?/m1/s1. The van der Waals surface area contributed by atoms with Gasteiger partial charge in [-0.15, -0.1) is 0 Å². The second-order valence-corrected chi connectivity index (χ2v) is 7.23. The summed E-state index contributed by atoms with van der Waals surface area (Å²) in [6.45, 7) is 2.34. The topological polar surface area (TPSA) is 70.8 Å². The van der Waals surface area contributed by atoms with E-state index in [0.717, 1.165) is 39.9 Å². The van der Waals surface area contributed by atoms with E-state index < -0.39 is 0 Å². The van der Waals surface area contributed by atoms with E-state index in [9.17, 15) is 4.79 Å². The molecule has 0 bridgehead atoms. The summed E-state index contributed by atoms with van der Waals surface area (Å²) >= 11 is 3.53. The van der Waals surface area contributed by atoms with Crippen LogP contribution in [0, 0.1) is 5.92 Å². The molecule has 1 aromatic carbocycles. The fourth-order valence-corrected chi connectivity index (χ4v) is 3.48. The van der Waals surface area contributed by atoms with E-state index in [1.54, 1.807) is 7.11 Å². The number of fused-ring (bicyclic) bond motifs is 1. The van der Waals surface area contributed by atoms with Crippen LogP contribution in [0.2, 0.25) is 0 Å². The minimum absolute atomic E-state index is 0.00330. The number of hydrogen-bond acceptors (Lipinski definition) is 5. The van der Waals surface area contributed by atoms with Crippen molar-refractivity contribution in [3.8, 4) is 11.5 Å². The van der Waals surface area contributed by atoms with Crippen molar-refractivity contribution < 1.29 is 19.0 Å². The largest absolute Gasteiger partial charge is 0.496 e. The predicted octanol–water partition coefficient (Wildman–Crippen LogP) is 2.60. The van der Waals surface area contributed by atoms with Gasteiger partial charge in [-0.3, -0.25) is 4.79 Å². The zero-order chi connectivity index (χ0) is 16.6. The van der Waals surface area contributed by atoms with Crippen LogP contribution in [-0.4, -0.2) is 31.8 Å². The highest BCUT2D eigenvalue weighted by molar-refractivity contribution is 9.10. The molecular formula is C17H22BrNO4. The van der Waals surface area contributed by atoms with Crippen LogP contribution in [0.25, 0.3) is 0 Å². The Morgan fingerprint density at radius 2 is 2.26 bits per heavy atom. The maximum absolute atomic E-state index is 11.9. The molecule has 1 fully saturated rings. The fourth-order valence-electron chi connectivity index (χ4n) is 2.92. The van der Waals surface area contributed by atoms with Crippen molar-refractivity contribution in [3.05, 3.63) is 21.7 Å². The Balaban J connectivity index is 1.88. The molecular weight excluding hydrogens is 362 g/mol. The number of ether oxygens (including phenoxy) is 3. The first-order chi connectivity index (χ1) is 11.0. The van der Waals surface area contributed by atoms with Crippen molar-refractivity contribution in [2.45, 2.75) is 44.8 Å². The third-order valence-electron chi connectivity index (χ3n) is 4.20. The number of nitrogens with two attached hydrogens (primary N) is 1. The summed E-state index contributed by atoms with van der Waals surface area (Å²) in [5, 5.41) is 0. The molecule has 1 unspecified atom stereocenters. The second-order valence-electron chi connectivity index (χ2n) is 6.38. The van der Waals surface area contributed by atoms with E-state index in [1.807, 2.05) is 13.0 Å². The molecule has 1 aliphatic heterocycles. The van der Waals surface area contributed by atoms with Crippen LogP contribution in [0.4, 0.5) is 0 Å². The molecule has 0 saturated heterocycles. The first-order valence-corrected chi connectivity index (χ1v) is 8.76. The van der Waals surface area contributed by atoms with Gasteiger partial charge in [0.25, 0.3) is 0 Å². The molecule has 3 rings (SSSR count). The number of carbonyl (C=O) groups is 1. The Morgan fingerprint density at radius 3 is 2.87 bits per heavy atom. The Morgan fingerprint density at radius 1 is 1.52 bits per heavy atom. The summed E-state index contributed by atoms with van der Waals surface area (Å²) in [5.41, 5.74) is 8.05. The number of hydrogen-bond donors (Lipinski definition) is 1. The van der Waals surface area contributed by atoms with Gasteiger partial charge in [-0.2, -0.15) is 0 Å². The van der Waals surface area contributed by atoms with Gasteiger partial charge in [-0.25, -0.2) is 0 Å². The molecule has 5 nitrogen and oxygen atoms in total. The van der Waals surface area contributed by atoms with Gasteiger partial charge in [0.1, 0.15) is 24.2 Å². The quantitative estimate of drug-likeness (QED) is 0.791. The lowest BCUT2D eigenvalue weighted by atomic mass is 9.93. The number of halogens is 1. The lowest BCUT2D eigenvalue weighted by Gasteiger charge is -2.29. The summed E-state index contributed by atoms with van der Waals surface area (Å²) in [7, 11) is 1.65. The molecule has 23 heavy (non-hydrogen) atoms. The van der Waals surface area contributed by atoms with Crippen LogP contribution in [0.5, 0.6) is 11.5 Å². The predicted molar refractivity (Wildman–Crippen MR) is 89.9 cm³/mol. The van der Waals surface area contributed by atoms with E-state index in [-0.39, 0.29) is 24.0 Å². The van der Waals surface area contributed by atoms with Crippen LogP contribution in [-0.2, 0) is 22.4 Å².